The molecule has 118 valence electrons. The van der Waals surface area contributed by atoms with Crippen LogP contribution in [0.25, 0.3) is 0 Å². The molecule has 1 amide bonds. The molecule has 4 nitrogen and oxygen atoms in total. The van der Waals surface area contributed by atoms with Crippen molar-refractivity contribution < 1.29 is 14.3 Å². The molecular weight excluding hydrogens is 357 g/mol. The number of hydrogen-bond acceptors (Lipinski definition) is 4. The largest absolute Gasteiger partial charge is 0.424 e. The molecule has 0 saturated carbocycles. The van der Waals surface area contributed by atoms with Crippen molar-refractivity contribution in [3.05, 3.63) is 52.0 Å². The van der Waals surface area contributed by atoms with Crippen LogP contribution >= 0.6 is 35.0 Å². The summed E-state index contributed by atoms with van der Waals surface area (Å²) >= 11 is 13.8. The van der Waals surface area contributed by atoms with Crippen LogP contribution in [-0.2, 0) is 4.79 Å². The number of anilines is 1. The van der Waals surface area contributed by atoms with Gasteiger partial charge in [-0.15, -0.1) is 11.8 Å². The third-order valence-electron chi connectivity index (χ3n) is 3.24. The van der Waals surface area contributed by atoms with Crippen LogP contribution in [-0.4, -0.2) is 17.8 Å². The van der Waals surface area contributed by atoms with Crippen LogP contribution in [0.1, 0.15) is 17.3 Å². The molecule has 3 rings (SSSR count). The average Bonchev–Trinajstić information content (AvgIpc) is 2.93. The summed E-state index contributed by atoms with van der Waals surface area (Å²) in [5.41, 5.74) is 1.20. The van der Waals surface area contributed by atoms with Crippen molar-refractivity contribution in [2.24, 2.45) is 0 Å². The monoisotopic (exact) mass is 367 g/mol. The molecule has 2 aromatic carbocycles. The van der Waals surface area contributed by atoms with Crippen molar-refractivity contribution in [2.45, 2.75) is 11.8 Å². The standard InChI is InChI=1S/C16H11Cl2NO3S/c1-9(20)22-15-11(17)6-10(7-12(15)18)16(21)19-8-23-14-5-3-2-4-13(14)19/h2-7H,8H2,1H3. The third kappa shape index (κ3) is 3.17. The molecule has 2 aromatic rings. The molecule has 0 N–H and O–H groups in total. The number of halogens is 2. The molecule has 0 fully saturated rings. The first-order valence-corrected chi connectivity index (χ1v) is 8.42. The number of nitrogens with zero attached hydrogens (tertiary/aromatic N) is 1. The molecular formula is C16H11Cl2NO3S. The van der Waals surface area contributed by atoms with Crippen LogP contribution in [0.5, 0.6) is 5.75 Å². The molecule has 0 aromatic heterocycles. The first kappa shape index (κ1) is 16.2. The Morgan fingerprint density at radius 2 is 1.83 bits per heavy atom. The third-order valence-corrected chi connectivity index (χ3v) is 4.85. The minimum atomic E-state index is -0.530. The van der Waals surface area contributed by atoms with Crippen molar-refractivity contribution in [3.8, 4) is 5.75 Å². The molecule has 23 heavy (non-hydrogen) atoms. The van der Waals surface area contributed by atoms with E-state index in [9.17, 15) is 9.59 Å². The zero-order valence-electron chi connectivity index (χ0n) is 12.0. The van der Waals surface area contributed by atoms with Crippen LogP contribution in [0, 0.1) is 0 Å². The zero-order valence-corrected chi connectivity index (χ0v) is 14.3. The second-order valence-corrected chi connectivity index (χ2v) is 6.64. The Morgan fingerprint density at radius 3 is 2.48 bits per heavy atom. The number of carbonyl (C=O) groups excluding carboxylic acids is 2. The number of benzene rings is 2. The van der Waals surface area contributed by atoms with Gasteiger partial charge < -0.3 is 4.74 Å². The topological polar surface area (TPSA) is 46.6 Å². The first-order valence-electron chi connectivity index (χ1n) is 6.68. The van der Waals surface area contributed by atoms with Crippen molar-refractivity contribution in [2.75, 3.05) is 10.8 Å². The lowest BCUT2D eigenvalue weighted by atomic mass is 10.1. The summed E-state index contributed by atoms with van der Waals surface area (Å²) in [5.74, 6) is -0.147. The number of carbonyl (C=O) groups is 2. The molecule has 0 bridgehead atoms. The molecule has 7 heteroatoms. The van der Waals surface area contributed by atoms with Crippen LogP contribution in [0.15, 0.2) is 41.3 Å². The number of amides is 1. The highest BCUT2D eigenvalue weighted by molar-refractivity contribution is 8.00. The summed E-state index contributed by atoms with van der Waals surface area (Å²) in [4.78, 5) is 26.5. The number of esters is 1. The smallest absolute Gasteiger partial charge is 0.308 e. The van der Waals surface area contributed by atoms with E-state index in [4.69, 9.17) is 27.9 Å². The maximum Gasteiger partial charge on any atom is 0.308 e. The van der Waals surface area contributed by atoms with Crippen molar-refractivity contribution >= 4 is 52.5 Å². The van der Waals surface area contributed by atoms with Gasteiger partial charge in [-0.3, -0.25) is 14.5 Å². The van der Waals surface area contributed by atoms with E-state index < -0.39 is 5.97 Å². The van der Waals surface area contributed by atoms with E-state index in [0.29, 0.717) is 11.4 Å². The van der Waals surface area contributed by atoms with Crippen molar-refractivity contribution in [1.82, 2.24) is 0 Å². The van der Waals surface area contributed by atoms with Gasteiger partial charge >= 0.3 is 5.97 Å². The van der Waals surface area contributed by atoms with Gasteiger partial charge in [0.2, 0.25) is 0 Å². The Balaban J connectivity index is 1.94. The summed E-state index contributed by atoms with van der Waals surface area (Å²) in [6.07, 6.45) is 0. The highest BCUT2D eigenvalue weighted by Gasteiger charge is 2.27. The van der Waals surface area contributed by atoms with Gasteiger partial charge in [-0.25, -0.2) is 0 Å². The SMILES string of the molecule is CC(=O)Oc1c(Cl)cc(C(=O)N2CSc3ccccc32)cc1Cl. The molecule has 0 spiro atoms. The lowest BCUT2D eigenvalue weighted by Gasteiger charge is -2.17. The Labute approximate surface area is 147 Å². The second-order valence-electron chi connectivity index (χ2n) is 4.84. The molecule has 1 aliphatic heterocycles. The van der Waals surface area contributed by atoms with E-state index in [0.717, 1.165) is 10.6 Å². The molecule has 0 aliphatic carbocycles. The summed E-state index contributed by atoms with van der Waals surface area (Å²) in [7, 11) is 0. The molecule has 1 heterocycles. The highest BCUT2D eigenvalue weighted by Crippen LogP contribution is 2.40. The number of hydrogen-bond donors (Lipinski definition) is 0. The van der Waals surface area contributed by atoms with Gasteiger partial charge in [-0.1, -0.05) is 35.3 Å². The number of fused-ring (bicyclic) bond motifs is 1. The molecule has 0 atom stereocenters. The number of para-hydroxylation sites is 1. The van der Waals surface area contributed by atoms with Gasteiger partial charge in [0.25, 0.3) is 5.91 Å². The van der Waals surface area contributed by atoms with Crippen molar-refractivity contribution in [1.29, 1.82) is 0 Å². The Morgan fingerprint density at radius 1 is 1.17 bits per heavy atom. The quantitative estimate of drug-likeness (QED) is 0.573. The summed E-state index contributed by atoms with van der Waals surface area (Å²) in [6.45, 7) is 1.25. The van der Waals surface area contributed by atoms with E-state index >= 15 is 0 Å². The fourth-order valence-corrected chi connectivity index (χ4v) is 3.84. The van der Waals surface area contributed by atoms with Crippen LogP contribution in [0.2, 0.25) is 10.0 Å². The minimum Gasteiger partial charge on any atom is -0.424 e. The van der Waals surface area contributed by atoms with Gasteiger partial charge in [0.1, 0.15) is 0 Å². The molecule has 0 unspecified atom stereocenters. The maximum atomic E-state index is 12.7. The second kappa shape index (κ2) is 6.43. The number of rotatable bonds is 2. The maximum absolute atomic E-state index is 12.7. The zero-order chi connectivity index (χ0) is 16.6. The first-order chi connectivity index (χ1) is 11.0. The molecule has 0 radical (unpaired) electrons. The molecule has 0 saturated heterocycles. The normalized spacial score (nSPS) is 12.9. The summed E-state index contributed by atoms with van der Waals surface area (Å²) < 4.78 is 4.96. The predicted octanol–water partition coefficient (Wildman–Crippen LogP) is 4.63. The van der Waals surface area contributed by atoms with E-state index in [1.165, 1.54) is 19.1 Å². The summed E-state index contributed by atoms with van der Waals surface area (Å²) in [6, 6.07) is 10.6. The van der Waals surface area contributed by atoms with Crippen LogP contribution in [0.3, 0.4) is 0 Å². The molecule has 1 aliphatic rings. The fourth-order valence-electron chi connectivity index (χ4n) is 2.25. The fraction of sp³-hybridized carbons (Fsp3) is 0.125. The van der Waals surface area contributed by atoms with Gasteiger partial charge in [-0.2, -0.15) is 0 Å². The van der Waals surface area contributed by atoms with Gasteiger partial charge in [0.05, 0.1) is 21.6 Å². The van der Waals surface area contributed by atoms with Gasteiger partial charge in [-0.05, 0) is 24.3 Å². The Hall–Kier alpha value is -1.69. The lowest BCUT2D eigenvalue weighted by molar-refractivity contribution is -0.131. The Kier molecular flexibility index (Phi) is 4.53. The number of thioether (sulfide) groups is 1. The van der Waals surface area contributed by atoms with Crippen LogP contribution in [0.4, 0.5) is 5.69 Å². The highest BCUT2D eigenvalue weighted by atomic mass is 35.5. The van der Waals surface area contributed by atoms with E-state index in [1.807, 2.05) is 24.3 Å². The number of ether oxygens (including phenoxy) is 1. The van der Waals surface area contributed by atoms with E-state index in [-0.39, 0.29) is 21.7 Å². The predicted molar refractivity (Wildman–Crippen MR) is 91.7 cm³/mol. The minimum absolute atomic E-state index is 0.0635. The average molecular weight is 368 g/mol. The van der Waals surface area contributed by atoms with E-state index in [2.05, 4.69) is 0 Å². The Bertz CT molecular complexity index is 787. The van der Waals surface area contributed by atoms with E-state index in [1.54, 1.807) is 16.7 Å². The van der Waals surface area contributed by atoms with Gasteiger partial charge in [0, 0.05) is 17.4 Å². The van der Waals surface area contributed by atoms with Crippen molar-refractivity contribution in [3.63, 3.8) is 0 Å². The summed E-state index contributed by atoms with van der Waals surface area (Å²) in [5, 5.41) is 0.243. The lowest BCUT2D eigenvalue weighted by Crippen LogP contribution is -2.27. The van der Waals surface area contributed by atoms with Gasteiger partial charge in [0.15, 0.2) is 5.75 Å². The van der Waals surface area contributed by atoms with Crippen LogP contribution < -0.4 is 9.64 Å².